The zero-order valence-electron chi connectivity index (χ0n) is 11.8. The number of nitrogens with one attached hydrogen (secondary N) is 2. The van der Waals surface area contributed by atoms with Gasteiger partial charge in [-0.15, -0.1) is 0 Å². The van der Waals surface area contributed by atoms with Crippen LogP contribution in [0.4, 0.5) is 11.4 Å². The molecule has 1 atom stereocenters. The minimum atomic E-state index is -3.26. The van der Waals surface area contributed by atoms with Crippen LogP contribution in [0.3, 0.4) is 0 Å². The summed E-state index contributed by atoms with van der Waals surface area (Å²) in [5.74, 6) is 1.05. The minimum Gasteiger partial charge on any atom is -0.469 e. The van der Waals surface area contributed by atoms with E-state index in [1.807, 2.05) is 18.2 Å². The molecule has 1 aliphatic carbocycles. The Hall–Kier alpha value is -1.95. The lowest BCUT2D eigenvalue weighted by Gasteiger charge is -2.24. The number of aryl methyl sites for hydroxylation is 1. The molecule has 112 valence electrons. The molecule has 0 radical (unpaired) electrons. The normalized spacial score (nSPS) is 18.0. The van der Waals surface area contributed by atoms with Crippen molar-refractivity contribution in [3.8, 4) is 0 Å². The summed E-state index contributed by atoms with van der Waals surface area (Å²) in [4.78, 5) is 0. The summed E-state index contributed by atoms with van der Waals surface area (Å²) in [5, 5.41) is 3.45. The summed E-state index contributed by atoms with van der Waals surface area (Å²) in [6.07, 6.45) is 5.98. The van der Waals surface area contributed by atoms with Gasteiger partial charge in [0, 0.05) is 17.7 Å². The summed E-state index contributed by atoms with van der Waals surface area (Å²) in [7, 11) is -3.26. The molecular weight excluding hydrogens is 288 g/mol. The molecule has 0 bridgehead atoms. The molecule has 2 aromatic rings. The molecule has 0 unspecified atom stereocenters. The molecule has 1 aromatic carbocycles. The maximum Gasteiger partial charge on any atom is 0.229 e. The smallest absolute Gasteiger partial charge is 0.229 e. The zero-order chi connectivity index (χ0) is 14.9. The SMILES string of the molecule is CS(=O)(=O)Nc1cccc(N[C@@H]2CCCc3occc32)c1. The van der Waals surface area contributed by atoms with Gasteiger partial charge in [-0.2, -0.15) is 0 Å². The second-order valence-electron chi connectivity index (χ2n) is 5.34. The third kappa shape index (κ3) is 3.39. The number of anilines is 2. The van der Waals surface area contributed by atoms with Crippen LogP contribution in [0.2, 0.25) is 0 Å². The lowest BCUT2D eigenvalue weighted by molar-refractivity contribution is 0.461. The van der Waals surface area contributed by atoms with Crippen molar-refractivity contribution in [1.29, 1.82) is 0 Å². The fraction of sp³-hybridized carbons (Fsp3) is 0.333. The van der Waals surface area contributed by atoms with Gasteiger partial charge >= 0.3 is 0 Å². The van der Waals surface area contributed by atoms with Gasteiger partial charge in [0.2, 0.25) is 10.0 Å². The molecular formula is C15H18N2O3S. The molecule has 1 aliphatic rings. The van der Waals surface area contributed by atoms with E-state index in [2.05, 4.69) is 10.0 Å². The van der Waals surface area contributed by atoms with E-state index in [9.17, 15) is 8.42 Å². The third-order valence-corrected chi connectivity index (χ3v) is 4.17. The van der Waals surface area contributed by atoms with Crippen molar-refractivity contribution in [3.05, 3.63) is 47.9 Å². The standard InChI is InChI=1S/C15H18N2O3S/c1-21(18,19)17-12-5-2-4-11(10-12)16-14-6-3-7-15-13(14)8-9-20-15/h2,4-5,8-10,14,16-17H,3,6-7H2,1H3/t14-/m1/s1. The third-order valence-electron chi connectivity index (χ3n) is 3.56. The summed E-state index contributed by atoms with van der Waals surface area (Å²) in [6.45, 7) is 0. The van der Waals surface area contributed by atoms with E-state index in [0.29, 0.717) is 5.69 Å². The highest BCUT2D eigenvalue weighted by Crippen LogP contribution is 2.33. The van der Waals surface area contributed by atoms with E-state index in [1.54, 1.807) is 18.4 Å². The highest BCUT2D eigenvalue weighted by molar-refractivity contribution is 7.92. The molecule has 5 nitrogen and oxygen atoms in total. The Kier molecular flexibility index (Phi) is 3.63. The summed E-state index contributed by atoms with van der Waals surface area (Å²) in [5.41, 5.74) is 2.65. The van der Waals surface area contributed by atoms with Gasteiger partial charge in [0.05, 0.1) is 24.2 Å². The monoisotopic (exact) mass is 306 g/mol. The number of hydrogen-bond donors (Lipinski definition) is 2. The molecule has 1 aromatic heterocycles. The van der Waals surface area contributed by atoms with Crippen molar-refractivity contribution < 1.29 is 12.8 Å². The first-order valence-corrected chi connectivity index (χ1v) is 8.81. The molecule has 21 heavy (non-hydrogen) atoms. The average molecular weight is 306 g/mol. The summed E-state index contributed by atoms with van der Waals surface area (Å²) in [6, 6.07) is 9.51. The predicted octanol–water partition coefficient (Wildman–Crippen LogP) is 3.14. The van der Waals surface area contributed by atoms with Gasteiger partial charge in [-0.3, -0.25) is 4.72 Å². The number of fused-ring (bicyclic) bond motifs is 1. The first kappa shape index (κ1) is 14.0. The van der Waals surface area contributed by atoms with E-state index in [4.69, 9.17) is 4.42 Å². The molecule has 0 aliphatic heterocycles. The van der Waals surface area contributed by atoms with Crippen LogP contribution < -0.4 is 10.0 Å². The average Bonchev–Trinajstić information content (AvgIpc) is 2.86. The Morgan fingerprint density at radius 1 is 1.24 bits per heavy atom. The number of benzene rings is 1. The largest absolute Gasteiger partial charge is 0.469 e. The first-order chi connectivity index (χ1) is 10.0. The molecule has 0 saturated carbocycles. The Balaban J connectivity index is 1.79. The molecule has 3 rings (SSSR count). The van der Waals surface area contributed by atoms with Crippen LogP contribution in [-0.2, 0) is 16.4 Å². The van der Waals surface area contributed by atoms with E-state index < -0.39 is 10.0 Å². The second kappa shape index (κ2) is 5.44. The molecule has 0 saturated heterocycles. The van der Waals surface area contributed by atoms with E-state index >= 15 is 0 Å². The van der Waals surface area contributed by atoms with Crippen molar-refractivity contribution >= 4 is 21.4 Å². The lowest BCUT2D eigenvalue weighted by atomic mass is 9.93. The Labute approximate surface area is 124 Å². The summed E-state index contributed by atoms with van der Waals surface area (Å²) >= 11 is 0. The Bertz CT molecular complexity index is 737. The first-order valence-electron chi connectivity index (χ1n) is 6.92. The van der Waals surface area contributed by atoms with Gasteiger partial charge in [-0.1, -0.05) is 6.07 Å². The summed E-state index contributed by atoms with van der Waals surface area (Å²) < 4.78 is 30.5. The lowest BCUT2D eigenvalue weighted by Crippen LogP contribution is -2.16. The van der Waals surface area contributed by atoms with Crippen molar-refractivity contribution in [2.45, 2.75) is 25.3 Å². The Morgan fingerprint density at radius 3 is 2.86 bits per heavy atom. The minimum absolute atomic E-state index is 0.209. The fourth-order valence-corrected chi connectivity index (χ4v) is 3.28. The molecule has 0 amide bonds. The van der Waals surface area contributed by atoms with Crippen LogP contribution in [-0.4, -0.2) is 14.7 Å². The zero-order valence-corrected chi connectivity index (χ0v) is 12.6. The highest BCUT2D eigenvalue weighted by Gasteiger charge is 2.22. The maximum atomic E-state index is 11.3. The molecule has 6 heteroatoms. The van der Waals surface area contributed by atoms with Crippen molar-refractivity contribution in [2.75, 3.05) is 16.3 Å². The topological polar surface area (TPSA) is 71.3 Å². The molecule has 1 heterocycles. The quantitative estimate of drug-likeness (QED) is 0.910. The van der Waals surface area contributed by atoms with E-state index in [-0.39, 0.29) is 6.04 Å². The number of hydrogen-bond acceptors (Lipinski definition) is 4. The maximum absolute atomic E-state index is 11.3. The van der Waals surface area contributed by atoms with Crippen LogP contribution in [0.25, 0.3) is 0 Å². The second-order valence-corrected chi connectivity index (χ2v) is 7.09. The van der Waals surface area contributed by atoms with E-state index in [1.165, 1.54) is 5.56 Å². The van der Waals surface area contributed by atoms with Gasteiger partial charge in [-0.25, -0.2) is 8.42 Å². The predicted molar refractivity (Wildman–Crippen MR) is 82.9 cm³/mol. The van der Waals surface area contributed by atoms with Crippen LogP contribution in [0.15, 0.2) is 41.0 Å². The fourth-order valence-electron chi connectivity index (χ4n) is 2.72. The van der Waals surface area contributed by atoms with Crippen molar-refractivity contribution in [2.24, 2.45) is 0 Å². The number of rotatable bonds is 4. The van der Waals surface area contributed by atoms with Gasteiger partial charge in [-0.05, 0) is 37.1 Å². The molecule has 0 spiro atoms. The number of sulfonamides is 1. The number of furan rings is 1. The van der Waals surface area contributed by atoms with Crippen LogP contribution in [0, 0.1) is 0 Å². The van der Waals surface area contributed by atoms with E-state index in [0.717, 1.165) is 37.0 Å². The highest BCUT2D eigenvalue weighted by atomic mass is 32.2. The van der Waals surface area contributed by atoms with Gasteiger partial charge in [0.25, 0.3) is 0 Å². The van der Waals surface area contributed by atoms with Crippen LogP contribution in [0.5, 0.6) is 0 Å². The van der Waals surface area contributed by atoms with Gasteiger partial charge in [0.15, 0.2) is 0 Å². The van der Waals surface area contributed by atoms with Gasteiger partial charge < -0.3 is 9.73 Å². The van der Waals surface area contributed by atoms with Gasteiger partial charge in [0.1, 0.15) is 5.76 Å². The molecule has 0 fully saturated rings. The van der Waals surface area contributed by atoms with Crippen molar-refractivity contribution in [3.63, 3.8) is 0 Å². The van der Waals surface area contributed by atoms with Crippen molar-refractivity contribution in [1.82, 2.24) is 0 Å². The molecule has 2 N–H and O–H groups in total. The Morgan fingerprint density at radius 2 is 2.05 bits per heavy atom. The van der Waals surface area contributed by atoms with Crippen LogP contribution >= 0.6 is 0 Å². The van der Waals surface area contributed by atoms with Crippen LogP contribution in [0.1, 0.15) is 30.2 Å².